The van der Waals surface area contributed by atoms with Gasteiger partial charge in [0.05, 0.1) is 24.0 Å². The van der Waals surface area contributed by atoms with E-state index in [1.54, 1.807) is 12.1 Å². The molecule has 0 unspecified atom stereocenters. The summed E-state index contributed by atoms with van der Waals surface area (Å²) in [5.74, 6) is -1.39. The van der Waals surface area contributed by atoms with Crippen LogP contribution in [-0.2, 0) is 19.1 Å². The van der Waals surface area contributed by atoms with E-state index in [0.717, 1.165) is 5.01 Å². The summed E-state index contributed by atoms with van der Waals surface area (Å²) in [5.41, 5.74) is 3.41. The van der Waals surface area contributed by atoms with E-state index in [4.69, 9.17) is 21.1 Å². The number of carbonyl (C=O) groups is 4. The second kappa shape index (κ2) is 9.27. The average Bonchev–Trinajstić information content (AvgIpc) is 2.74. The molecule has 1 saturated heterocycles. The number of amides is 3. The first-order valence-electron chi connectivity index (χ1n) is 8.90. The zero-order valence-corrected chi connectivity index (χ0v) is 16.7. The van der Waals surface area contributed by atoms with Crippen molar-refractivity contribution in [1.82, 2.24) is 5.43 Å². The second-order valence-corrected chi connectivity index (χ2v) is 6.72. The highest BCUT2D eigenvalue weighted by Gasteiger charge is 2.24. The number of methoxy groups -OCH3 is 1. The van der Waals surface area contributed by atoms with Crippen molar-refractivity contribution >= 4 is 46.7 Å². The molecule has 3 rings (SSSR count). The Morgan fingerprint density at radius 1 is 1.13 bits per heavy atom. The number of halogens is 1. The lowest BCUT2D eigenvalue weighted by atomic mass is 10.2. The number of anilines is 2. The van der Waals surface area contributed by atoms with Crippen molar-refractivity contribution in [1.29, 1.82) is 0 Å². The highest BCUT2D eigenvalue weighted by molar-refractivity contribution is 6.31. The molecule has 9 nitrogen and oxygen atoms in total. The van der Waals surface area contributed by atoms with Crippen LogP contribution in [0.3, 0.4) is 0 Å². The number of ether oxygens (including phenoxy) is 2. The fourth-order valence-electron chi connectivity index (χ4n) is 2.71. The van der Waals surface area contributed by atoms with E-state index in [1.807, 2.05) is 0 Å². The van der Waals surface area contributed by atoms with Crippen molar-refractivity contribution in [3.05, 3.63) is 53.1 Å². The van der Waals surface area contributed by atoms with Gasteiger partial charge in [-0.05, 0) is 42.5 Å². The van der Waals surface area contributed by atoms with Crippen LogP contribution in [0.4, 0.5) is 11.4 Å². The van der Waals surface area contributed by atoms with Gasteiger partial charge in [-0.2, -0.15) is 0 Å². The molecule has 1 aliphatic rings. The maximum absolute atomic E-state index is 12.2. The molecule has 0 saturated carbocycles. The summed E-state index contributed by atoms with van der Waals surface area (Å²) in [7, 11) is 1.45. The molecular weight excluding hydrogens is 414 g/mol. The number of carbonyl (C=O) groups excluding carboxylic acids is 4. The first-order chi connectivity index (χ1) is 14.4. The third-order valence-corrected chi connectivity index (χ3v) is 4.42. The molecule has 1 heterocycles. The predicted octanol–water partition coefficient (Wildman–Crippen LogP) is 2.30. The molecule has 0 atom stereocenters. The van der Waals surface area contributed by atoms with E-state index in [9.17, 15) is 19.2 Å². The van der Waals surface area contributed by atoms with E-state index < -0.39 is 18.5 Å². The smallest absolute Gasteiger partial charge is 0.338 e. The molecule has 0 spiro atoms. The summed E-state index contributed by atoms with van der Waals surface area (Å²) in [6, 6.07) is 10.6. The van der Waals surface area contributed by atoms with Gasteiger partial charge in [0, 0.05) is 17.9 Å². The van der Waals surface area contributed by atoms with E-state index in [-0.39, 0.29) is 30.2 Å². The summed E-state index contributed by atoms with van der Waals surface area (Å²) in [4.78, 5) is 47.7. The largest absolute Gasteiger partial charge is 0.495 e. The van der Waals surface area contributed by atoms with Gasteiger partial charge in [-0.15, -0.1) is 0 Å². The standard InChI is InChI=1S/C20H18ClN3O6/c1-29-16-7-4-13(21)10-15(16)22-18(26)11-30-20(28)12-2-5-14(6-3-12)24-19(27)9-8-17(25)23-24/h2-7,10H,8-9,11H2,1H3,(H,22,26)(H,23,25). The number of rotatable bonds is 6. The lowest BCUT2D eigenvalue weighted by Crippen LogP contribution is -2.50. The zero-order valence-electron chi connectivity index (χ0n) is 15.9. The third kappa shape index (κ3) is 5.06. The Morgan fingerprint density at radius 3 is 2.57 bits per heavy atom. The summed E-state index contributed by atoms with van der Waals surface area (Å²) in [6.07, 6.45) is 0.255. The minimum absolute atomic E-state index is 0.113. The van der Waals surface area contributed by atoms with Crippen LogP contribution in [-0.4, -0.2) is 37.4 Å². The molecule has 10 heteroatoms. The number of hydrogen-bond acceptors (Lipinski definition) is 6. The lowest BCUT2D eigenvalue weighted by molar-refractivity contribution is -0.130. The Hall–Kier alpha value is -3.59. The van der Waals surface area contributed by atoms with E-state index in [1.165, 1.54) is 37.4 Å². The number of nitrogens with one attached hydrogen (secondary N) is 2. The van der Waals surface area contributed by atoms with Crippen LogP contribution < -0.4 is 20.5 Å². The molecule has 1 fully saturated rings. The average molecular weight is 432 g/mol. The van der Waals surface area contributed by atoms with Crippen LogP contribution in [0.2, 0.25) is 5.02 Å². The summed E-state index contributed by atoms with van der Waals surface area (Å²) >= 11 is 5.91. The Kier molecular flexibility index (Phi) is 6.53. The van der Waals surface area contributed by atoms with Crippen molar-refractivity contribution in [2.75, 3.05) is 24.0 Å². The first kappa shape index (κ1) is 21.1. The van der Waals surface area contributed by atoms with Crippen molar-refractivity contribution < 1.29 is 28.7 Å². The quantitative estimate of drug-likeness (QED) is 0.678. The summed E-state index contributed by atoms with van der Waals surface area (Å²) in [6.45, 7) is -0.517. The van der Waals surface area contributed by atoms with Gasteiger partial charge in [-0.3, -0.25) is 19.8 Å². The number of esters is 1. The number of nitrogens with zero attached hydrogens (tertiary/aromatic N) is 1. The molecule has 0 aliphatic carbocycles. The maximum Gasteiger partial charge on any atom is 0.338 e. The van der Waals surface area contributed by atoms with E-state index in [2.05, 4.69) is 10.7 Å². The van der Waals surface area contributed by atoms with Crippen molar-refractivity contribution in [3.8, 4) is 5.75 Å². The minimum atomic E-state index is -0.719. The normalized spacial score (nSPS) is 13.5. The highest BCUT2D eigenvalue weighted by Crippen LogP contribution is 2.27. The van der Waals surface area contributed by atoms with Gasteiger partial charge >= 0.3 is 5.97 Å². The van der Waals surface area contributed by atoms with Gasteiger partial charge in [0.1, 0.15) is 5.75 Å². The monoisotopic (exact) mass is 431 g/mol. The molecule has 2 aromatic rings. The Morgan fingerprint density at radius 2 is 1.87 bits per heavy atom. The van der Waals surface area contributed by atoms with Crippen LogP contribution >= 0.6 is 11.6 Å². The third-order valence-electron chi connectivity index (χ3n) is 4.18. The molecule has 0 radical (unpaired) electrons. The van der Waals surface area contributed by atoms with Crippen molar-refractivity contribution in [3.63, 3.8) is 0 Å². The van der Waals surface area contributed by atoms with E-state index >= 15 is 0 Å². The molecule has 1 aliphatic heterocycles. The van der Waals surface area contributed by atoms with Crippen molar-refractivity contribution in [2.24, 2.45) is 0 Å². The SMILES string of the molecule is COc1ccc(Cl)cc1NC(=O)COC(=O)c1ccc(N2NC(=O)CCC2=O)cc1. The Balaban J connectivity index is 1.57. The number of benzene rings is 2. The highest BCUT2D eigenvalue weighted by atomic mass is 35.5. The molecular formula is C20H18ClN3O6. The van der Waals surface area contributed by atoms with Crippen LogP contribution in [0, 0.1) is 0 Å². The van der Waals surface area contributed by atoms with Gasteiger partial charge in [0.2, 0.25) is 11.8 Å². The Bertz CT molecular complexity index is 993. The van der Waals surface area contributed by atoms with Gasteiger partial charge < -0.3 is 14.8 Å². The van der Waals surface area contributed by atoms with Crippen LogP contribution in [0.25, 0.3) is 0 Å². The van der Waals surface area contributed by atoms with Gasteiger partial charge in [-0.1, -0.05) is 11.6 Å². The fourth-order valence-corrected chi connectivity index (χ4v) is 2.88. The Labute approximate surface area is 176 Å². The summed E-state index contributed by atoms with van der Waals surface area (Å²) < 4.78 is 10.2. The lowest BCUT2D eigenvalue weighted by Gasteiger charge is -2.27. The fraction of sp³-hybridized carbons (Fsp3) is 0.200. The van der Waals surface area contributed by atoms with Gasteiger partial charge in [-0.25, -0.2) is 9.80 Å². The minimum Gasteiger partial charge on any atom is -0.495 e. The topological polar surface area (TPSA) is 114 Å². The van der Waals surface area contributed by atoms with E-state index in [0.29, 0.717) is 22.1 Å². The van der Waals surface area contributed by atoms with Crippen LogP contribution in [0.15, 0.2) is 42.5 Å². The molecule has 3 amide bonds. The molecule has 2 N–H and O–H groups in total. The molecule has 30 heavy (non-hydrogen) atoms. The molecule has 0 bridgehead atoms. The predicted molar refractivity (Wildman–Crippen MR) is 108 cm³/mol. The molecule has 156 valence electrons. The first-order valence-corrected chi connectivity index (χ1v) is 9.28. The number of hydrogen-bond donors (Lipinski definition) is 2. The molecule has 2 aromatic carbocycles. The summed E-state index contributed by atoms with van der Waals surface area (Å²) in [5, 5.41) is 4.10. The number of hydrazine groups is 1. The second-order valence-electron chi connectivity index (χ2n) is 6.28. The molecule has 0 aromatic heterocycles. The zero-order chi connectivity index (χ0) is 21.7. The van der Waals surface area contributed by atoms with Gasteiger partial charge in [0.25, 0.3) is 5.91 Å². The van der Waals surface area contributed by atoms with Crippen LogP contribution in [0.5, 0.6) is 5.75 Å². The van der Waals surface area contributed by atoms with Crippen molar-refractivity contribution in [2.45, 2.75) is 12.8 Å². The van der Waals surface area contributed by atoms with Crippen LogP contribution in [0.1, 0.15) is 23.2 Å². The van der Waals surface area contributed by atoms with Gasteiger partial charge in [0.15, 0.2) is 6.61 Å². The maximum atomic E-state index is 12.2.